The van der Waals surface area contributed by atoms with Gasteiger partial charge in [0, 0.05) is 35.6 Å². The lowest BCUT2D eigenvalue weighted by Crippen LogP contribution is -2.30. The lowest BCUT2D eigenvalue weighted by molar-refractivity contribution is 0.312. The Morgan fingerprint density at radius 1 is 1.04 bits per heavy atom. The van der Waals surface area contributed by atoms with Crippen LogP contribution in [0.1, 0.15) is 41.5 Å². The number of benzene rings is 1. The number of aliphatic imine (C=N–C) groups is 1. The number of aryl methyl sites for hydroxylation is 2. The maximum atomic E-state index is 5.10. The normalized spacial score (nSPS) is 23.8. The Morgan fingerprint density at radius 3 is 2.71 bits per heavy atom. The fourth-order valence-electron chi connectivity index (χ4n) is 4.18. The van der Waals surface area contributed by atoms with Crippen LogP contribution in [0.25, 0.3) is 5.69 Å². The summed E-state index contributed by atoms with van der Waals surface area (Å²) in [5, 5.41) is 1.72. The number of hydrogen-bond acceptors (Lipinski definition) is 4. The number of nitrogens with zero attached hydrogens (tertiary/aromatic N) is 4. The van der Waals surface area contributed by atoms with E-state index in [-0.39, 0.29) is 12.1 Å². The molecular formula is C23H24N4S. The van der Waals surface area contributed by atoms with E-state index in [1.807, 2.05) is 24.0 Å². The van der Waals surface area contributed by atoms with Crippen molar-refractivity contribution in [2.75, 3.05) is 6.54 Å². The topological polar surface area (TPSA) is 33.4 Å². The second kappa shape index (κ2) is 6.82. The first-order chi connectivity index (χ1) is 13.6. The van der Waals surface area contributed by atoms with Gasteiger partial charge in [0.05, 0.1) is 11.7 Å². The monoisotopic (exact) mass is 388 g/mol. The number of hydrogen-bond donors (Lipinski definition) is 0. The van der Waals surface area contributed by atoms with Crippen molar-refractivity contribution in [2.24, 2.45) is 4.99 Å². The zero-order chi connectivity index (χ0) is 19.3. The molecule has 28 heavy (non-hydrogen) atoms. The molecule has 2 aliphatic rings. The van der Waals surface area contributed by atoms with Gasteiger partial charge in [0.15, 0.2) is 5.17 Å². The van der Waals surface area contributed by atoms with Crippen LogP contribution in [-0.2, 0) is 0 Å². The first-order valence-electron chi connectivity index (χ1n) is 9.79. The molecule has 1 fully saturated rings. The molecule has 2 aliphatic heterocycles. The van der Waals surface area contributed by atoms with Gasteiger partial charge in [0.2, 0.25) is 0 Å². The molecule has 5 heteroatoms. The maximum absolute atomic E-state index is 5.10. The molecule has 1 aromatic carbocycles. The van der Waals surface area contributed by atoms with Crippen molar-refractivity contribution < 1.29 is 0 Å². The van der Waals surface area contributed by atoms with Crippen LogP contribution in [0.5, 0.6) is 0 Å². The van der Waals surface area contributed by atoms with E-state index >= 15 is 0 Å². The molecule has 0 unspecified atom stereocenters. The van der Waals surface area contributed by atoms with E-state index in [9.17, 15) is 0 Å². The molecule has 4 nitrogen and oxygen atoms in total. The van der Waals surface area contributed by atoms with Crippen LogP contribution in [0.2, 0.25) is 0 Å². The number of amidine groups is 1. The first kappa shape index (κ1) is 17.6. The Balaban J connectivity index is 1.61. The van der Waals surface area contributed by atoms with Crippen LogP contribution in [-0.4, -0.2) is 31.4 Å². The number of rotatable bonds is 3. The predicted octanol–water partition coefficient (Wildman–Crippen LogP) is 5.08. The number of pyridine rings is 1. The highest BCUT2D eigenvalue weighted by atomic mass is 32.2. The molecule has 0 amide bonds. The molecular weight excluding hydrogens is 364 g/mol. The van der Waals surface area contributed by atoms with Crippen LogP contribution >= 0.6 is 11.8 Å². The molecule has 142 valence electrons. The molecule has 0 N–H and O–H groups in total. The minimum atomic E-state index is 0.0244. The second-order valence-corrected chi connectivity index (χ2v) is 9.11. The van der Waals surface area contributed by atoms with Gasteiger partial charge in [-0.3, -0.25) is 9.98 Å². The van der Waals surface area contributed by atoms with Gasteiger partial charge in [0.25, 0.3) is 0 Å². The van der Waals surface area contributed by atoms with E-state index in [0.717, 1.165) is 17.4 Å². The van der Waals surface area contributed by atoms with Crippen molar-refractivity contribution in [3.05, 3.63) is 83.4 Å². The Morgan fingerprint density at radius 2 is 1.93 bits per heavy atom. The van der Waals surface area contributed by atoms with Crippen LogP contribution in [0.4, 0.5) is 0 Å². The van der Waals surface area contributed by atoms with Crippen molar-refractivity contribution in [2.45, 2.75) is 38.1 Å². The van der Waals surface area contributed by atoms with Gasteiger partial charge in [-0.2, -0.15) is 0 Å². The van der Waals surface area contributed by atoms with Gasteiger partial charge < -0.3 is 9.47 Å². The van der Waals surface area contributed by atoms with Crippen molar-refractivity contribution in [3.8, 4) is 5.69 Å². The SMILES string of the molecule is Cc1ccc(-n2cccc2[C@@H]2[C@H](c3ccccn3)N=C3S[C@@H](C)CN32)cc1C. The molecule has 0 saturated carbocycles. The molecule has 3 atom stereocenters. The maximum Gasteiger partial charge on any atom is 0.160 e. The van der Waals surface area contributed by atoms with Gasteiger partial charge in [-0.1, -0.05) is 30.8 Å². The van der Waals surface area contributed by atoms with Crippen LogP contribution in [0.3, 0.4) is 0 Å². The summed E-state index contributed by atoms with van der Waals surface area (Å²) in [6.45, 7) is 7.64. The molecule has 0 bridgehead atoms. The average Bonchev–Trinajstić information content (AvgIpc) is 3.38. The van der Waals surface area contributed by atoms with Crippen molar-refractivity contribution in [3.63, 3.8) is 0 Å². The number of thioether (sulfide) groups is 1. The third-order valence-electron chi connectivity index (χ3n) is 5.73. The fraction of sp³-hybridized carbons (Fsp3) is 0.304. The van der Waals surface area contributed by atoms with E-state index in [2.05, 4.69) is 83.9 Å². The third-order valence-corrected chi connectivity index (χ3v) is 6.84. The van der Waals surface area contributed by atoms with Crippen molar-refractivity contribution in [1.82, 2.24) is 14.5 Å². The van der Waals surface area contributed by atoms with Gasteiger partial charge in [0.1, 0.15) is 6.04 Å². The van der Waals surface area contributed by atoms with Gasteiger partial charge in [-0.25, -0.2) is 0 Å². The second-order valence-electron chi connectivity index (χ2n) is 7.71. The fourth-order valence-corrected chi connectivity index (χ4v) is 5.28. The van der Waals surface area contributed by atoms with Crippen molar-refractivity contribution in [1.29, 1.82) is 0 Å². The highest BCUT2D eigenvalue weighted by Crippen LogP contribution is 2.47. The van der Waals surface area contributed by atoms with E-state index in [4.69, 9.17) is 4.99 Å². The summed E-state index contributed by atoms with van der Waals surface area (Å²) in [7, 11) is 0. The van der Waals surface area contributed by atoms with Crippen molar-refractivity contribution >= 4 is 16.9 Å². The molecule has 0 aliphatic carbocycles. The minimum absolute atomic E-state index is 0.0244. The van der Waals surface area contributed by atoms with Crippen LogP contribution < -0.4 is 0 Å². The largest absolute Gasteiger partial charge is 0.339 e. The highest BCUT2D eigenvalue weighted by Gasteiger charge is 2.44. The van der Waals surface area contributed by atoms with Crippen LogP contribution in [0.15, 0.2) is 65.9 Å². The lowest BCUT2D eigenvalue weighted by atomic mass is 10.0. The molecule has 1 saturated heterocycles. The molecule has 3 aromatic rings. The number of fused-ring (bicyclic) bond motifs is 1. The van der Waals surface area contributed by atoms with Gasteiger partial charge in [-0.05, 0) is 61.4 Å². The Bertz CT molecular complexity index is 1040. The first-order valence-corrected chi connectivity index (χ1v) is 10.7. The van der Waals surface area contributed by atoms with E-state index in [1.54, 1.807) is 0 Å². The average molecular weight is 389 g/mol. The summed E-state index contributed by atoms with van der Waals surface area (Å²) in [5.41, 5.74) is 6.14. The molecule has 4 heterocycles. The number of aromatic nitrogens is 2. The summed E-state index contributed by atoms with van der Waals surface area (Å²) < 4.78 is 2.32. The standard InChI is InChI=1S/C23H24N4S/c1-15-9-10-18(13-16(15)2)26-12-6-8-20(26)22-21(19-7-4-5-11-24-19)25-23-27(22)14-17(3)28-23/h4-13,17,21-22H,14H2,1-3H3/t17-,21-,22+/m0/s1. The molecule has 0 radical (unpaired) electrons. The summed E-state index contributed by atoms with van der Waals surface area (Å²) in [5.74, 6) is 0. The summed E-state index contributed by atoms with van der Waals surface area (Å²) >= 11 is 1.88. The van der Waals surface area contributed by atoms with Crippen LogP contribution in [0, 0.1) is 13.8 Å². The van der Waals surface area contributed by atoms with E-state index in [1.165, 1.54) is 22.5 Å². The Kier molecular flexibility index (Phi) is 4.27. The van der Waals surface area contributed by atoms with E-state index in [0.29, 0.717) is 5.25 Å². The Hall–Kier alpha value is -2.53. The summed E-state index contributed by atoms with van der Waals surface area (Å²) in [6, 6.07) is 17.4. The quantitative estimate of drug-likeness (QED) is 0.627. The summed E-state index contributed by atoms with van der Waals surface area (Å²) in [4.78, 5) is 12.2. The molecule has 0 spiro atoms. The third kappa shape index (κ3) is 2.85. The zero-order valence-electron chi connectivity index (χ0n) is 16.4. The highest BCUT2D eigenvalue weighted by molar-refractivity contribution is 8.14. The smallest absolute Gasteiger partial charge is 0.160 e. The summed E-state index contributed by atoms with van der Waals surface area (Å²) in [6.07, 6.45) is 4.04. The van der Waals surface area contributed by atoms with Gasteiger partial charge >= 0.3 is 0 Å². The predicted molar refractivity (Wildman–Crippen MR) is 116 cm³/mol. The zero-order valence-corrected chi connectivity index (χ0v) is 17.2. The lowest BCUT2D eigenvalue weighted by Gasteiger charge is -2.28. The van der Waals surface area contributed by atoms with E-state index < -0.39 is 0 Å². The Labute approximate surface area is 170 Å². The minimum Gasteiger partial charge on any atom is -0.339 e. The molecule has 2 aromatic heterocycles. The van der Waals surface area contributed by atoms with Gasteiger partial charge in [-0.15, -0.1) is 0 Å². The molecule has 5 rings (SSSR count).